The average Bonchev–Trinajstić information content (AvgIpc) is 2.81. The number of amides is 1. The fourth-order valence-electron chi connectivity index (χ4n) is 2.73. The maximum atomic E-state index is 13.3. The summed E-state index contributed by atoms with van der Waals surface area (Å²) in [5.74, 6) is 5.76. The first-order valence-electron chi connectivity index (χ1n) is 9.44. The van der Waals surface area contributed by atoms with E-state index in [0.29, 0.717) is 12.1 Å². The first kappa shape index (κ1) is 20.7. The van der Waals surface area contributed by atoms with Gasteiger partial charge >= 0.3 is 0 Å². The summed E-state index contributed by atoms with van der Waals surface area (Å²) < 4.78 is 13.3. The van der Waals surface area contributed by atoms with Crippen molar-refractivity contribution in [3.05, 3.63) is 71.1 Å². The van der Waals surface area contributed by atoms with Gasteiger partial charge in [0, 0.05) is 29.2 Å². The van der Waals surface area contributed by atoms with Gasteiger partial charge in [0.2, 0.25) is 5.91 Å². The molecule has 0 heterocycles. The third-order valence-corrected chi connectivity index (χ3v) is 4.39. The summed E-state index contributed by atoms with van der Waals surface area (Å²) in [7, 11) is 0. The lowest BCUT2D eigenvalue weighted by Gasteiger charge is -2.19. The molecule has 1 atom stereocenters. The van der Waals surface area contributed by atoms with Crippen LogP contribution in [0.25, 0.3) is 0 Å². The lowest BCUT2D eigenvalue weighted by Crippen LogP contribution is -2.30. The molecule has 27 heavy (non-hydrogen) atoms. The quantitative estimate of drug-likeness (QED) is 0.732. The van der Waals surface area contributed by atoms with E-state index in [4.69, 9.17) is 0 Å². The zero-order chi connectivity index (χ0) is 19.9. The molecule has 0 bridgehead atoms. The summed E-state index contributed by atoms with van der Waals surface area (Å²) in [5.41, 5.74) is 2.37. The van der Waals surface area contributed by atoms with Gasteiger partial charge in [0.05, 0.1) is 0 Å². The van der Waals surface area contributed by atoms with E-state index >= 15 is 0 Å². The SMILES string of the molecule is CCC1C=CC(C#Cc2cccc(F)c2)=CC=C1C(=O)NCCC(C)(C)C. The minimum absolute atomic E-state index is 0.0219. The van der Waals surface area contributed by atoms with Gasteiger partial charge in [-0.05, 0) is 48.6 Å². The number of hydrogen-bond donors (Lipinski definition) is 1. The Morgan fingerprint density at radius 2 is 2.00 bits per heavy atom. The summed E-state index contributed by atoms with van der Waals surface area (Å²) in [5, 5.41) is 3.03. The monoisotopic (exact) mass is 365 g/mol. The first-order chi connectivity index (χ1) is 12.8. The van der Waals surface area contributed by atoms with E-state index in [1.807, 2.05) is 24.3 Å². The normalized spacial score (nSPS) is 16.6. The van der Waals surface area contributed by atoms with Crippen molar-refractivity contribution in [3.8, 4) is 11.8 Å². The molecule has 2 rings (SSSR count). The summed E-state index contributed by atoms with van der Waals surface area (Å²) in [6.45, 7) is 9.21. The van der Waals surface area contributed by atoms with E-state index < -0.39 is 0 Å². The summed E-state index contributed by atoms with van der Waals surface area (Å²) >= 11 is 0. The van der Waals surface area contributed by atoms with Crippen LogP contribution >= 0.6 is 0 Å². The maximum Gasteiger partial charge on any atom is 0.247 e. The van der Waals surface area contributed by atoms with Gasteiger partial charge in [0.1, 0.15) is 5.82 Å². The highest BCUT2D eigenvalue weighted by Crippen LogP contribution is 2.22. The van der Waals surface area contributed by atoms with Gasteiger partial charge in [-0.25, -0.2) is 4.39 Å². The molecule has 142 valence electrons. The standard InChI is InChI=1S/C24H28FNO/c1-5-20-13-11-18(9-10-19-7-6-8-21(25)17-19)12-14-22(20)23(27)26-16-15-24(2,3)4/h6-8,11-14,17,20H,5,15-16H2,1-4H3,(H,26,27). The molecule has 1 aliphatic rings. The molecule has 2 nitrogen and oxygen atoms in total. The van der Waals surface area contributed by atoms with Crippen LogP contribution in [0.1, 0.15) is 46.1 Å². The van der Waals surface area contributed by atoms with Crippen molar-refractivity contribution in [1.82, 2.24) is 5.32 Å². The second-order valence-electron chi connectivity index (χ2n) is 7.94. The Balaban J connectivity index is 2.14. The maximum absolute atomic E-state index is 13.3. The molecule has 1 aliphatic carbocycles. The van der Waals surface area contributed by atoms with E-state index in [2.05, 4.69) is 44.9 Å². The fraction of sp³-hybridized carbons (Fsp3) is 0.375. The topological polar surface area (TPSA) is 29.1 Å². The molecule has 0 aromatic heterocycles. The molecule has 0 aliphatic heterocycles. The molecule has 3 heteroatoms. The molecular formula is C24H28FNO. The first-order valence-corrected chi connectivity index (χ1v) is 9.44. The van der Waals surface area contributed by atoms with Crippen LogP contribution in [0.5, 0.6) is 0 Å². The van der Waals surface area contributed by atoms with Crippen LogP contribution in [0.15, 0.2) is 59.7 Å². The number of carbonyl (C=O) groups is 1. The van der Waals surface area contributed by atoms with Gasteiger partial charge in [0.15, 0.2) is 0 Å². The van der Waals surface area contributed by atoms with Crippen LogP contribution in [0, 0.1) is 29.0 Å². The molecule has 0 radical (unpaired) electrons. The van der Waals surface area contributed by atoms with E-state index in [9.17, 15) is 9.18 Å². The lowest BCUT2D eigenvalue weighted by atomic mass is 9.92. The average molecular weight is 365 g/mol. The van der Waals surface area contributed by atoms with E-state index in [-0.39, 0.29) is 23.1 Å². The lowest BCUT2D eigenvalue weighted by molar-refractivity contribution is -0.117. The molecule has 1 aromatic carbocycles. The van der Waals surface area contributed by atoms with Gasteiger partial charge in [0.25, 0.3) is 0 Å². The molecule has 1 unspecified atom stereocenters. The number of hydrogen-bond acceptors (Lipinski definition) is 1. The van der Waals surface area contributed by atoms with Crippen molar-refractivity contribution in [2.45, 2.75) is 40.5 Å². The predicted octanol–water partition coefficient (Wildman–Crippen LogP) is 5.18. The largest absolute Gasteiger partial charge is 0.352 e. The van der Waals surface area contributed by atoms with Gasteiger partial charge < -0.3 is 5.32 Å². The number of benzene rings is 1. The molecule has 1 amide bonds. The van der Waals surface area contributed by atoms with E-state index in [1.165, 1.54) is 12.1 Å². The Hall–Kier alpha value is -2.60. The smallest absolute Gasteiger partial charge is 0.247 e. The Morgan fingerprint density at radius 3 is 2.67 bits per heavy atom. The second kappa shape index (κ2) is 9.37. The van der Waals surface area contributed by atoms with Gasteiger partial charge in [-0.15, -0.1) is 0 Å². The van der Waals surface area contributed by atoms with Crippen LogP contribution in [-0.2, 0) is 4.79 Å². The van der Waals surface area contributed by atoms with E-state index in [1.54, 1.807) is 12.1 Å². The van der Waals surface area contributed by atoms with Crippen molar-refractivity contribution < 1.29 is 9.18 Å². The fourth-order valence-corrected chi connectivity index (χ4v) is 2.73. The zero-order valence-corrected chi connectivity index (χ0v) is 16.6. The Bertz CT molecular complexity index is 828. The summed E-state index contributed by atoms with van der Waals surface area (Å²) in [6, 6.07) is 6.22. The number of carbonyl (C=O) groups excluding carboxylic acids is 1. The predicted molar refractivity (Wildman–Crippen MR) is 109 cm³/mol. The minimum Gasteiger partial charge on any atom is -0.352 e. The molecule has 0 fully saturated rings. The minimum atomic E-state index is -0.299. The summed E-state index contributed by atoms with van der Waals surface area (Å²) in [6.07, 6.45) is 9.44. The van der Waals surface area contributed by atoms with Gasteiger partial charge in [-0.2, -0.15) is 0 Å². The Kier molecular flexibility index (Phi) is 7.19. The molecule has 1 N–H and O–H groups in total. The molecule has 0 saturated heterocycles. The molecule has 1 aromatic rings. The molecular weight excluding hydrogens is 337 g/mol. The van der Waals surface area contributed by atoms with Gasteiger partial charge in [-0.3, -0.25) is 4.79 Å². The highest BCUT2D eigenvalue weighted by molar-refractivity contribution is 5.94. The Labute approximate surface area is 162 Å². The third kappa shape index (κ3) is 6.90. The van der Waals surface area contributed by atoms with Crippen molar-refractivity contribution in [2.24, 2.45) is 11.3 Å². The summed E-state index contributed by atoms with van der Waals surface area (Å²) in [4.78, 5) is 12.6. The number of allylic oxidation sites excluding steroid dienone is 5. The molecule has 0 spiro atoms. The van der Waals surface area contributed by atoms with Crippen LogP contribution < -0.4 is 5.32 Å². The van der Waals surface area contributed by atoms with E-state index in [0.717, 1.165) is 24.0 Å². The van der Waals surface area contributed by atoms with Crippen molar-refractivity contribution in [3.63, 3.8) is 0 Å². The highest BCUT2D eigenvalue weighted by atomic mass is 19.1. The van der Waals surface area contributed by atoms with Crippen molar-refractivity contribution in [1.29, 1.82) is 0 Å². The highest BCUT2D eigenvalue weighted by Gasteiger charge is 2.19. The number of rotatable bonds is 4. The van der Waals surface area contributed by atoms with Crippen LogP contribution in [0.4, 0.5) is 4.39 Å². The van der Waals surface area contributed by atoms with Crippen molar-refractivity contribution in [2.75, 3.05) is 6.54 Å². The second-order valence-corrected chi connectivity index (χ2v) is 7.94. The Morgan fingerprint density at radius 1 is 1.22 bits per heavy atom. The third-order valence-electron chi connectivity index (χ3n) is 4.39. The number of nitrogens with one attached hydrogen (secondary N) is 1. The number of halogens is 1. The van der Waals surface area contributed by atoms with Crippen LogP contribution in [-0.4, -0.2) is 12.5 Å². The molecule has 0 saturated carbocycles. The van der Waals surface area contributed by atoms with Gasteiger partial charge in [-0.1, -0.05) is 57.8 Å². The van der Waals surface area contributed by atoms with Crippen LogP contribution in [0.3, 0.4) is 0 Å². The zero-order valence-electron chi connectivity index (χ0n) is 16.6. The van der Waals surface area contributed by atoms with Crippen molar-refractivity contribution >= 4 is 5.91 Å². The van der Waals surface area contributed by atoms with Crippen LogP contribution in [0.2, 0.25) is 0 Å².